The molecule has 0 spiro atoms. The highest BCUT2D eigenvalue weighted by Gasteiger charge is 2.11. The highest BCUT2D eigenvalue weighted by molar-refractivity contribution is 5.41. The van der Waals surface area contributed by atoms with Crippen molar-refractivity contribution in [3.63, 3.8) is 0 Å². The summed E-state index contributed by atoms with van der Waals surface area (Å²) < 4.78 is 0. The van der Waals surface area contributed by atoms with Crippen molar-refractivity contribution in [2.75, 3.05) is 0 Å². The van der Waals surface area contributed by atoms with Crippen LogP contribution in [0.2, 0.25) is 0 Å². The molecule has 4 heteroatoms. The first kappa shape index (κ1) is 10.4. The van der Waals surface area contributed by atoms with Crippen LogP contribution in [0.5, 0.6) is 0 Å². The Labute approximate surface area is 82.2 Å². The number of hydrogen-bond donors (Lipinski definition) is 1. The van der Waals surface area contributed by atoms with Crippen LogP contribution in [-0.2, 0) is 0 Å². The maximum Gasteiger partial charge on any atom is 0.269 e. The summed E-state index contributed by atoms with van der Waals surface area (Å²) in [5.74, 6) is 0. The summed E-state index contributed by atoms with van der Waals surface area (Å²) in [7, 11) is 0. The Bertz CT molecular complexity index is 374. The Morgan fingerprint density at radius 2 is 2.29 bits per heavy atom. The molecule has 74 valence electrons. The van der Waals surface area contributed by atoms with Gasteiger partial charge in [0, 0.05) is 18.2 Å². The lowest BCUT2D eigenvalue weighted by Crippen LogP contribution is -2.08. The number of aryl methyl sites for hydroxylation is 1. The number of rotatable bonds is 3. The Morgan fingerprint density at radius 1 is 1.64 bits per heavy atom. The quantitative estimate of drug-likeness (QED) is 0.453. The minimum atomic E-state index is -0.432. The van der Waals surface area contributed by atoms with E-state index in [1.165, 1.54) is 12.1 Å². The third-order valence-corrected chi connectivity index (χ3v) is 2.09. The number of nitro groups is 1. The van der Waals surface area contributed by atoms with Crippen molar-refractivity contribution in [2.45, 2.75) is 13.0 Å². The van der Waals surface area contributed by atoms with Gasteiger partial charge in [0.25, 0.3) is 5.69 Å². The van der Waals surface area contributed by atoms with Gasteiger partial charge in [0.1, 0.15) is 0 Å². The van der Waals surface area contributed by atoms with Crippen LogP contribution in [0, 0.1) is 17.0 Å². The Morgan fingerprint density at radius 3 is 2.79 bits per heavy atom. The summed E-state index contributed by atoms with van der Waals surface area (Å²) in [6, 6.07) is 4.29. The second-order valence-corrected chi connectivity index (χ2v) is 3.06. The van der Waals surface area contributed by atoms with E-state index in [4.69, 9.17) is 5.73 Å². The van der Waals surface area contributed by atoms with Crippen molar-refractivity contribution in [3.05, 3.63) is 52.1 Å². The number of hydrogen-bond acceptors (Lipinski definition) is 3. The van der Waals surface area contributed by atoms with E-state index in [0.717, 1.165) is 11.1 Å². The maximum absolute atomic E-state index is 10.5. The molecule has 1 aromatic rings. The van der Waals surface area contributed by atoms with Gasteiger partial charge in [-0.15, -0.1) is 6.58 Å². The van der Waals surface area contributed by atoms with E-state index in [1.807, 2.05) is 6.92 Å². The van der Waals surface area contributed by atoms with Crippen molar-refractivity contribution >= 4 is 5.69 Å². The van der Waals surface area contributed by atoms with Gasteiger partial charge in [-0.05, 0) is 18.1 Å². The molecule has 14 heavy (non-hydrogen) atoms. The standard InChI is InChI=1S/C10H12N2O2/c1-3-10(11)9-6-8(12(13)14)5-4-7(9)2/h3-6,10H,1,11H2,2H3. The zero-order valence-electron chi connectivity index (χ0n) is 7.93. The van der Waals surface area contributed by atoms with E-state index in [2.05, 4.69) is 6.58 Å². The van der Waals surface area contributed by atoms with Gasteiger partial charge in [0.2, 0.25) is 0 Å². The molecule has 0 bridgehead atoms. The van der Waals surface area contributed by atoms with Gasteiger partial charge in [-0.3, -0.25) is 10.1 Å². The lowest BCUT2D eigenvalue weighted by Gasteiger charge is -2.09. The van der Waals surface area contributed by atoms with E-state index < -0.39 is 4.92 Å². The van der Waals surface area contributed by atoms with Gasteiger partial charge in [-0.1, -0.05) is 12.1 Å². The Hall–Kier alpha value is -1.68. The van der Waals surface area contributed by atoms with Crippen LogP contribution < -0.4 is 5.73 Å². The van der Waals surface area contributed by atoms with Crippen LogP contribution in [0.4, 0.5) is 5.69 Å². The monoisotopic (exact) mass is 192 g/mol. The molecule has 0 aromatic heterocycles. The van der Waals surface area contributed by atoms with Gasteiger partial charge in [-0.25, -0.2) is 0 Å². The second-order valence-electron chi connectivity index (χ2n) is 3.06. The summed E-state index contributed by atoms with van der Waals surface area (Å²) in [6.45, 7) is 5.42. The van der Waals surface area contributed by atoms with Gasteiger partial charge < -0.3 is 5.73 Å². The third kappa shape index (κ3) is 1.97. The van der Waals surface area contributed by atoms with Crippen LogP contribution in [-0.4, -0.2) is 4.92 Å². The molecular formula is C10H12N2O2. The maximum atomic E-state index is 10.5. The summed E-state index contributed by atoms with van der Waals surface area (Å²) in [4.78, 5) is 10.1. The SMILES string of the molecule is C=CC(N)c1cc([N+](=O)[O-])ccc1C. The molecule has 0 aliphatic carbocycles. The van der Waals surface area contributed by atoms with Crippen LogP contribution in [0.15, 0.2) is 30.9 Å². The van der Waals surface area contributed by atoms with E-state index >= 15 is 0 Å². The largest absolute Gasteiger partial charge is 0.321 e. The van der Waals surface area contributed by atoms with E-state index in [-0.39, 0.29) is 11.7 Å². The normalized spacial score (nSPS) is 12.1. The topological polar surface area (TPSA) is 69.2 Å². The van der Waals surface area contributed by atoms with Gasteiger partial charge >= 0.3 is 0 Å². The average molecular weight is 192 g/mol. The van der Waals surface area contributed by atoms with Crippen LogP contribution in [0.1, 0.15) is 17.2 Å². The smallest absolute Gasteiger partial charge is 0.269 e. The summed E-state index contributed by atoms with van der Waals surface area (Å²) in [5.41, 5.74) is 7.46. The number of non-ortho nitro benzene ring substituents is 1. The first-order chi connectivity index (χ1) is 6.56. The zero-order chi connectivity index (χ0) is 10.7. The first-order valence-corrected chi connectivity index (χ1v) is 4.19. The van der Waals surface area contributed by atoms with E-state index in [0.29, 0.717) is 0 Å². The predicted molar refractivity (Wildman–Crippen MR) is 55.0 cm³/mol. The molecule has 0 fully saturated rings. The van der Waals surface area contributed by atoms with Gasteiger partial charge in [-0.2, -0.15) is 0 Å². The molecule has 0 heterocycles. The fourth-order valence-electron chi connectivity index (χ4n) is 1.23. The molecule has 1 unspecified atom stereocenters. The van der Waals surface area contributed by atoms with Crippen LogP contribution in [0.25, 0.3) is 0 Å². The highest BCUT2D eigenvalue weighted by Crippen LogP contribution is 2.22. The lowest BCUT2D eigenvalue weighted by atomic mass is 10.0. The number of benzene rings is 1. The predicted octanol–water partition coefficient (Wildman–Crippen LogP) is 2.09. The number of nitrogens with two attached hydrogens (primary N) is 1. The van der Waals surface area contributed by atoms with Crippen molar-refractivity contribution in [2.24, 2.45) is 5.73 Å². The Balaban J connectivity index is 3.20. The lowest BCUT2D eigenvalue weighted by molar-refractivity contribution is -0.384. The molecule has 0 saturated carbocycles. The minimum absolute atomic E-state index is 0.0582. The van der Waals surface area contributed by atoms with Crippen molar-refractivity contribution < 1.29 is 4.92 Å². The third-order valence-electron chi connectivity index (χ3n) is 2.09. The molecule has 0 saturated heterocycles. The number of nitro benzene ring substituents is 1. The van der Waals surface area contributed by atoms with E-state index in [1.54, 1.807) is 12.1 Å². The highest BCUT2D eigenvalue weighted by atomic mass is 16.6. The minimum Gasteiger partial charge on any atom is -0.321 e. The van der Waals surface area contributed by atoms with Crippen LogP contribution in [0.3, 0.4) is 0 Å². The summed E-state index contributed by atoms with van der Waals surface area (Å²) in [6.07, 6.45) is 1.56. The summed E-state index contributed by atoms with van der Waals surface area (Å²) >= 11 is 0. The summed E-state index contributed by atoms with van der Waals surface area (Å²) in [5, 5.41) is 10.5. The molecule has 0 radical (unpaired) electrons. The van der Waals surface area contributed by atoms with Crippen molar-refractivity contribution in [1.29, 1.82) is 0 Å². The molecule has 0 aliphatic heterocycles. The first-order valence-electron chi connectivity index (χ1n) is 4.19. The fraction of sp³-hybridized carbons (Fsp3) is 0.200. The molecular weight excluding hydrogens is 180 g/mol. The zero-order valence-corrected chi connectivity index (χ0v) is 7.93. The van der Waals surface area contributed by atoms with Gasteiger partial charge in [0.05, 0.1) is 4.92 Å². The Kier molecular flexibility index (Phi) is 2.99. The molecule has 1 atom stereocenters. The molecule has 1 aromatic carbocycles. The van der Waals surface area contributed by atoms with Gasteiger partial charge in [0.15, 0.2) is 0 Å². The average Bonchev–Trinajstić information content (AvgIpc) is 2.17. The molecule has 2 N–H and O–H groups in total. The second kappa shape index (κ2) is 4.02. The molecule has 0 aliphatic rings. The number of nitrogens with zero attached hydrogens (tertiary/aromatic N) is 1. The molecule has 4 nitrogen and oxygen atoms in total. The molecule has 1 rings (SSSR count). The van der Waals surface area contributed by atoms with Crippen molar-refractivity contribution in [3.8, 4) is 0 Å². The van der Waals surface area contributed by atoms with Crippen LogP contribution >= 0.6 is 0 Å². The van der Waals surface area contributed by atoms with Crippen molar-refractivity contribution in [1.82, 2.24) is 0 Å². The fourth-order valence-corrected chi connectivity index (χ4v) is 1.23. The van der Waals surface area contributed by atoms with E-state index in [9.17, 15) is 10.1 Å². The molecule has 0 amide bonds.